The fraction of sp³-hybridized carbons (Fsp3) is 0.500. The van der Waals surface area contributed by atoms with Crippen LogP contribution in [0.4, 0.5) is 0 Å². The molecule has 0 radical (unpaired) electrons. The highest BCUT2D eigenvalue weighted by Gasteiger charge is 2.10. The van der Waals surface area contributed by atoms with Crippen LogP contribution in [0.2, 0.25) is 0 Å². The Hall–Kier alpha value is -1.31. The average molecular weight is 220 g/mol. The molecule has 2 heteroatoms. The zero-order valence-corrected chi connectivity index (χ0v) is 10.1. The first-order chi connectivity index (χ1) is 7.69. The molecule has 0 spiro atoms. The van der Waals surface area contributed by atoms with E-state index >= 15 is 0 Å². The predicted molar refractivity (Wildman–Crippen MR) is 66.0 cm³/mol. The summed E-state index contributed by atoms with van der Waals surface area (Å²) in [5.74, 6) is 0.150. The molecule has 0 fully saturated rings. The number of ketones is 1. The van der Waals surface area contributed by atoms with Gasteiger partial charge in [0.25, 0.3) is 0 Å². The molecule has 1 aromatic rings. The number of benzene rings is 1. The third-order valence-electron chi connectivity index (χ3n) is 2.66. The van der Waals surface area contributed by atoms with Gasteiger partial charge in [0.1, 0.15) is 5.75 Å². The summed E-state index contributed by atoms with van der Waals surface area (Å²) in [7, 11) is 0. The summed E-state index contributed by atoms with van der Waals surface area (Å²) in [4.78, 5) is 11.7. The zero-order valence-electron chi connectivity index (χ0n) is 10.1. The van der Waals surface area contributed by atoms with E-state index in [4.69, 9.17) is 0 Å². The molecule has 1 aromatic carbocycles. The Kier molecular flexibility index (Phi) is 5.03. The van der Waals surface area contributed by atoms with Gasteiger partial charge in [-0.15, -0.1) is 0 Å². The van der Waals surface area contributed by atoms with E-state index in [0.29, 0.717) is 12.0 Å². The van der Waals surface area contributed by atoms with E-state index in [0.717, 1.165) is 31.2 Å². The van der Waals surface area contributed by atoms with E-state index in [1.807, 2.05) is 19.1 Å². The lowest BCUT2D eigenvalue weighted by molar-refractivity contribution is 0.0979. The van der Waals surface area contributed by atoms with Crippen molar-refractivity contribution in [3.05, 3.63) is 29.3 Å². The van der Waals surface area contributed by atoms with Crippen LogP contribution in [-0.4, -0.2) is 10.9 Å². The Labute approximate surface area is 97.3 Å². The fourth-order valence-electron chi connectivity index (χ4n) is 1.70. The molecular weight excluding hydrogens is 200 g/mol. The number of phenolic OH excluding ortho intramolecular Hbond substituents is 1. The number of Topliss-reactive ketones (excluding diaryl/α,β-unsaturated/α-hetero) is 1. The Balaban J connectivity index is 2.85. The van der Waals surface area contributed by atoms with Crippen LogP contribution in [0.3, 0.4) is 0 Å². The molecule has 0 aliphatic carbocycles. The van der Waals surface area contributed by atoms with Crippen molar-refractivity contribution in [3.8, 4) is 5.75 Å². The maximum atomic E-state index is 11.7. The van der Waals surface area contributed by atoms with Crippen molar-refractivity contribution in [3.63, 3.8) is 0 Å². The molecule has 0 aliphatic heterocycles. The Morgan fingerprint density at radius 1 is 1.25 bits per heavy atom. The van der Waals surface area contributed by atoms with Gasteiger partial charge in [-0.1, -0.05) is 26.3 Å². The van der Waals surface area contributed by atoms with Crippen molar-refractivity contribution in [2.45, 2.75) is 46.0 Å². The first-order valence-corrected chi connectivity index (χ1v) is 6.04. The summed E-state index contributed by atoms with van der Waals surface area (Å²) in [6.07, 6.45) is 4.55. The van der Waals surface area contributed by atoms with Crippen LogP contribution < -0.4 is 0 Å². The van der Waals surface area contributed by atoms with Gasteiger partial charge in [-0.2, -0.15) is 0 Å². The fourth-order valence-corrected chi connectivity index (χ4v) is 1.70. The first kappa shape index (κ1) is 12.8. The van der Waals surface area contributed by atoms with Crippen LogP contribution in [0.1, 0.15) is 55.5 Å². The highest BCUT2D eigenvalue weighted by molar-refractivity contribution is 5.98. The minimum Gasteiger partial charge on any atom is -0.507 e. The number of unbranched alkanes of at least 4 members (excludes halogenated alkanes) is 1. The van der Waals surface area contributed by atoms with Gasteiger partial charge in [-0.05, 0) is 37.0 Å². The second kappa shape index (κ2) is 6.31. The molecule has 0 saturated carbocycles. The number of hydrogen-bond acceptors (Lipinski definition) is 2. The summed E-state index contributed by atoms with van der Waals surface area (Å²) in [6.45, 7) is 4.11. The van der Waals surface area contributed by atoms with E-state index in [1.54, 1.807) is 6.07 Å². The van der Waals surface area contributed by atoms with Gasteiger partial charge in [0.2, 0.25) is 0 Å². The lowest BCUT2D eigenvalue weighted by Crippen LogP contribution is -2.00. The number of phenols is 1. The average Bonchev–Trinajstić information content (AvgIpc) is 2.28. The predicted octanol–water partition coefficient (Wildman–Crippen LogP) is 3.72. The number of aryl methyl sites for hydroxylation is 1. The molecular formula is C14H20O2. The van der Waals surface area contributed by atoms with E-state index in [1.165, 1.54) is 0 Å². The summed E-state index contributed by atoms with van der Waals surface area (Å²) in [6, 6.07) is 5.37. The van der Waals surface area contributed by atoms with Crippen molar-refractivity contribution in [2.24, 2.45) is 0 Å². The van der Waals surface area contributed by atoms with Crippen LogP contribution in [0.5, 0.6) is 5.75 Å². The van der Waals surface area contributed by atoms with Gasteiger partial charge in [0.15, 0.2) is 5.78 Å². The Morgan fingerprint density at radius 2 is 2.00 bits per heavy atom. The third kappa shape index (κ3) is 3.37. The molecule has 2 nitrogen and oxygen atoms in total. The minimum absolute atomic E-state index is 0.0401. The van der Waals surface area contributed by atoms with Gasteiger partial charge < -0.3 is 5.11 Å². The largest absolute Gasteiger partial charge is 0.507 e. The van der Waals surface area contributed by atoms with Crippen molar-refractivity contribution in [1.29, 1.82) is 0 Å². The highest BCUT2D eigenvalue weighted by Crippen LogP contribution is 2.21. The molecule has 0 saturated heterocycles. The van der Waals surface area contributed by atoms with E-state index in [9.17, 15) is 9.90 Å². The number of rotatable bonds is 6. The monoisotopic (exact) mass is 220 g/mol. The smallest absolute Gasteiger partial charge is 0.166 e. The molecule has 1 rings (SSSR count). The highest BCUT2D eigenvalue weighted by atomic mass is 16.3. The summed E-state index contributed by atoms with van der Waals surface area (Å²) in [5, 5.41) is 9.64. The Morgan fingerprint density at radius 3 is 2.62 bits per heavy atom. The second-order valence-corrected chi connectivity index (χ2v) is 4.13. The molecule has 0 aliphatic rings. The van der Waals surface area contributed by atoms with Gasteiger partial charge in [0.05, 0.1) is 5.56 Å². The van der Waals surface area contributed by atoms with Gasteiger partial charge in [-0.3, -0.25) is 4.79 Å². The molecule has 0 atom stereocenters. The summed E-state index contributed by atoms with van der Waals surface area (Å²) in [5.41, 5.74) is 1.62. The zero-order chi connectivity index (χ0) is 12.0. The minimum atomic E-state index is 0.0401. The molecule has 0 amide bonds. The van der Waals surface area contributed by atoms with Crippen LogP contribution in [0.25, 0.3) is 0 Å². The van der Waals surface area contributed by atoms with Gasteiger partial charge in [0, 0.05) is 6.42 Å². The summed E-state index contributed by atoms with van der Waals surface area (Å²) >= 11 is 0. The van der Waals surface area contributed by atoms with Crippen molar-refractivity contribution in [2.75, 3.05) is 0 Å². The topological polar surface area (TPSA) is 37.3 Å². The van der Waals surface area contributed by atoms with E-state index in [2.05, 4.69) is 6.92 Å². The van der Waals surface area contributed by atoms with Crippen LogP contribution in [0, 0.1) is 0 Å². The SMILES string of the molecule is CCCCc1ccc(O)c(C(=O)CCC)c1. The van der Waals surface area contributed by atoms with Gasteiger partial charge >= 0.3 is 0 Å². The number of aromatic hydroxyl groups is 1. The van der Waals surface area contributed by atoms with Crippen LogP contribution in [0.15, 0.2) is 18.2 Å². The molecule has 1 N–H and O–H groups in total. The number of hydrogen-bond donors (Lipinski definition) is 1. The second-order valence-electron chi connectivity index (χ2n) is 4.13. The third-order valence-corrected chi connectivity index (χ3v) is 2.66. The lowest BCUT2D eigenvalue weighted by Gasteiger charge is -2.06. The molecule has 0 unspecified atom stereocenters. The summed E-state index contributed by atoms with van der Waals surface area (Å²) < 4.78 is 0. The molecule has 0 bridgehead atoms. The van der Waals surface area contributed by atoms with E-state index in [-0.39, 0.29) is 11.5 Å². The van der Waals surface area contributed by atoms with Crippen LogP contribution >= 0.6 is 0 Å². The Bertz CT molecular complexity index is 356. The van der Waals surface area contributed by atoms with Crippen molar-refractivity contribution >= 4 is 5.78 Å². The maximum absolute atomic E-state index is 11.7. The maximum Gasteiger partial charge on any atom is 0.166 e. The molecule has 16 heavy (non-hydrogen) atoms. The standard InChI is InChI=1S/C14H20O2/c1-3-5-7-11-8-9-14(16)12(10-11)13(15)6-4-2/h8-10,16H,3-7H2,1-2H3. The number of carbonyl (C=O) groups excluding carboxylic acids is 1. The number of carbonyl (C=O) groups is 1. The quantitative estimate of drug-likeness (QED) is 0.742. The van der Waals surface area contributed by atoms with Crippen molar-refractivity contribution < 1.29 is 9.90 Å². The molecule has 0 heterocycles. The molecule has 0 aromatic heterocycles. The van der Waals surface area contributed by atoms with Gasteiger partial charge in [-0.25, -0.2) is 0 Å². The van der Waals surface area contributed by atoms with Crippen molar-refractivity contribution in [1.82, 2.24) is 0 Å². The van der Waals surface area contributed by atoms with Crippen LogP contribution in [-0.2, 0) is 6.42 Å². The normalized spacial score (nSPS) is 10.4. The van der Waals surface area contributed by atoms with E-state index < -0.39 is 0 Å². The lowest BCUT2D eigenvalue weighted by atomic mass is 10.0. The first-order valence-electron chi connectivity index (χ1n) is 6.04. The molecule has 88 valence electrons.